The Morgan fingerprint density at radius 1 is 1.32 bits per heavy atom. The molecule has 110 valence electrons. The Kier molecular flexibility index (Phi) is 4.76. The van der Waals surface area contributed by atoms with Crippen molar-refractivity contribution >= 4 is 22.6 Å². The van der Waals surface area contributed by atoms with Gasteiger partial charge in [-0.25, -0.2) is 0 Å². The molecule has 1 heterocycles. The van der Waals surface area contributed by atoms with Crippen molar-refractivity contribution in [2.45, 2.75) is 39.4 Å². The van der Waals surface area contributed by atoms with Crippen LogP contribution in [0.1, 0.15) is 34.6 Å². The van der Waals surface area contributed by atoms with E-state index in [9.17, 15) is 13.8 Å². The third kappa shape index (κ3) is 4.30. The molecule has 1 rings (SSSR count). The van der Waals surface area contributed by atoms with Crippen LogP contribution in [-0.2, 0) is 20.4 Å². The number of nitrogens with one attached hydrogen (secondary N) is 1. The van der Waals surface area contributed by atoms with E-state index < -0.39 is 16.2 Å². The highest BCUT2D eigenvalue weighted by Crippen LogP contribution is 2.20. The van der Waals surface area contributed by atoms with E-state index in [-0.39, 0.29) is 23.1 Å². The first kappa shape index (κ1) is 16.1. The summed E-state index contributed by atoms with van der Waals surface area (Å²) < 4.78 is 11.4. The first-order valence-electron chi connectivity index (χ1n) is 6.48. The van der Waals surface area contributed by atoms with Gasteiger partial charge in [-0.3, -0.25) is 13.8 Å². The predicted octanol–water partition coefficient (Wildman–Crippen LogP) is 0.518. The summed E-state index contributed by atoms with van der Waals surface area (Å²) in [6.45, 7) is 10.2. The monoisotopic (exact) mass is 288 g/mol. The van der Waals surface area contributed by atoms with Crippen LogP contribution < -0.4 is 5.32 Å². The van der Waals surface area contributed by atoms with Gasteiger partial charge in [0.05, 0.1) is 11.3 Å². The summed E-state index contributed by atoms with van der Waals surface area (Å²) in [7, 11) is -0.896. The predicted molar refractivity (Wildman–Crippen MR) is 76.1 cm³/mol. The van der Waals surface area contributed by atoms with Crippen LogP contribution in [-0.4, -0.2) is 51.1 Å². The Morgan fingerprint density at radius 3 is 2.37 bits per heavy atom. The quantitative estimate of drug-likeness (QED) is 0.805. The molecule has 0 spiro atoms. The molecule has 1 saturated heterocycles. The van der Waals surface area contributed by atoms with E-state index in [0.717, 1.165) is 0 Å². The Labute approximate surface area is 117 Å². The molecule has 1 aliphatic heterocycles. The lowest BCUT2D eigenvalue weighted by molar-refractivity contribution is -0.135. The summed E-state index contributed by atoms with van der Waals surface area (Å²) >= 11 is 0. The van der Waals surface area contributed by atoms with Gasteiger partial charge in [0.1, 0.15) is 0 Å². The molecule has 1 aliphatic rings. The zero-order valence-electron chi connectivity index (χ0n) is 12.4. The molecule has 19 heavy (non-hydrogen) atoms. The molecule has 5 nitrogen and oxygen atoms in total. The minimum absolute atomic E-state index is 0.0127. The maximum atomic E-state index is 12.0. The van der Waals surface area contributed by atoms with Gasteiger partial charge in [-0.2, -0.15) is 0 Å². The second-order valence-electron chi connectivity index (χ2n) is 6.56. The fourth-order valence-corrected chi connectivity index (χ4v) is 3.06. The maximum absolute atomic E-state index is 12.0. The van der Waals surface area contributed by atoms with E-state index in [0.29, 0.717) is 18.8 Å². The molecular formula is C13H24N2O3S. The second-order valence-corrected chi connectivity index (χ2v) is 8.76. The highest BCUT2D eigenvalue weighted by molar-refractivity contribution is 7.86. The molecule has 0 bridgehead atoms. The van der Waals surface area contributed by atoms with E-state index in [1.54, 1.807) is 25.7 Å². The van der Waals surface area contributed by atoms with E-state index >= 15 is 0 Å². The summed E-state index contributed by atoms with van der Waals surface area (Å²) in [5.74, 6) is 0.259. The van der Waals surface area contributed by atoms with Crippen LogP contribution >= 0.6 is 0 Å². The first-order chi connectivity index (χ1) is 8.54. The average molecular weight is 288 g/mol. The smallest absolute Gasteiger partial charge is 0.242 e. The lowest BCUT2D eigenvalue weighted by atomic mass is 9.96. The topological polar surface area (TPSA) is 66.5 Å². The van der Waals surface area contributed by atoms with Gasteiger partial charge in [-0.1, -0.05) is 20.8 Å². The molecule has 1 atom stereocenters. The van der Waals surface area contributed by atoms with Gasteiger partial charge in [0.2, 0.25) is 11.8 Å². The number of amides is 2. The number of nitrogens with zero attached hydrogens (tertiary/aromatic N) is 1. The van der Waals surface area contributed by atoms with Crippen molar-refractivity contribution < 1.29 is 13.8 Å². The average Bonchev–Trinajstić information content (AvgIpc) is 2.27. The van der Waals surface area contributed by atoms with Gasteiger partial charge in [0.15, 0.2) is 0 Å². The van der Waals surface area contributed by atoms with Crippen LogP contribution in [0.3, 0.4) is 0 Å². The zero-order valence-corrected chi connectivity index (χ0v) is 13.2. The maximum Gasteiger partial charge on any atom is 0.242 e. The fourth-order valence-electron chi connectivity index (χ4n) is 1.83. The number of carbonyl (C=O) groups excluding carboxylic acids is 2. The summed E-state index contributed by atoms with van der Waals surface area (Å²) in [5.41, 5.74) is -0.497. The summed E-state index contributed by atoms with van der Waals surface area (Å²) in [5, 5.41) is 2.65. The molecule has 0 saturated carbocycles. The number of rotatable bonds is 2. The van der Waals surface area contributed by atoms with Crippen LogP contribution in [0.2, 0.25) is 0 Å². The van der Waals surface area contributed by atoms with E-state index in [1.807, 2.05) is 13.8 Å². The van der Waals surface area contributed by atoms with Gasteiger partial charge in [0.25, 0.3) is 0 Å². The largest absolute Gasteiger partial charge is 0.347 e. The molecule has 1 N–H and O–H groups in total. The number of hydrogen-bond donors (Lipinski definition) is 1. The van der Waals surface area contributed by atoms with Gasteiger partial charge >= 0.3 is 0 Å². The van der Waals surface area contributed by atoms with Gasteiger partial charge in [-0.05, 0) is 13.8 Å². The third-order valence-electron chi connectivity index (χ3n) is 3.17. The first-order valence-corrected chi connectivity index (χ1v) is 7.80. The second kappa shape index (κ2) is 5.61. The molecule has 1 fully saturated rings. The van der Waals surface area contributed by atoms with Gasteiger partial charge in [-0.15, -0.1) is 0 Å². The SMILES string of the molecule is CC(C)(C)C(=O)NCC(=O)N1CCS(=O)C(C)(C)C1. The molecule has 0 aromatic rings. The molecule has 0 aromatic carbocycles. The molecule has 0 radical (unpaired) electrons. The minimum atomic E-state index is -0.896. The highest BCUT2D eigenvalue weighted by atomic mass is 32.2. The van der Waals surface area contributed by atoms with Gasteiger partial charge in [0, 0.05) is 35.1 Å². The molecule has 2 amide bonds. The molecule has 1 unspecified atom stereocenters. The van der Waals surface area contributed by atoms with Crippen molar-refractivity contribution in [3.8, 4) is 0 Å². The molecular weight excluding hydrogens is 264 g/mol. The third-order valence-corrected chi connectivity index (χ3v) is 5.08. The van der Waals surface area contributed by atoms with Crippen LogP contribution in [0.25, 0.3) is 0 Å². The molecule has 6 heteroatoms. The van der Waals surface area contributed by atoms with Crippen molar-refractivity contribution in [3.63, 3.8) is 0 Å². The summed E-state index contributed by atoms with van der Waals surface area (Å²) in [6, 6.07) is 0. The fraction of sp³-hybridized carbons (Fsp3) is 0.846. The van der Waals surface area contributed by atoms with Crippen molar-refractivity contribution in [2.75, 3.05) is 25.4 Å². The Balaban J connectivity index is 2.52. The van der Waals surface area contributed by atoms with Crippen molar-refractivity contribution in [1.29, 1.82) is 0 Å². The Morgan fingerprint density at radius 2 is 1.89 bits per heavy atom. The highest BCUT2D eigenvalue weighted by Gasteiger charge is 2.35. The number of hydrogen-bond acceptors (Lipinski definition) is 3. The van der Waals surface area contributed by atoms with Crippen LogP contribution in [0.4, 0.5) is 0 Å². The molecule has 0 aromatic heterocycles. The van der Waals surface area contributed by atoms with Gasteiger partial charge < -0.3 is 10.2 Å². The van der Waals surface area contributed by atoms with Crippen LogP contribution in [0, 0.1) is 5.41 Å². The normalized spacial score (nSPS) is 23.0. The zero-order chi connectivity index (χ0) is 14.8. The molecule has 0 aliphatic carbocycles. The lowest BCUT2D eigenvalue weighted by Crippen LogP contribution is -2.54. The van der Waals surface area contributed by atoms with E-state index in [1.165, 1.54) is 0 Å². The van der Waals surface area contributed by atoms with Crippen molar-refractivity contribution in [3.05, 3.63) is 0 Å². The number of carbonyl (C=O) groups is 2. The van der Waals surface area contributed by atoms with E-state index in [2.05, 4.69) is 5.32 Å². The summed E-state index contributed by atoms with van der Waals surface area (Å²) in [4.78, 5) is 25.4. The standard InChI is InChI=1S/C13H24N2O3S/c1-12(2,3)11(17)14-8-10(16)15-6-7-19(18)13(4,5)9-15/h6-9H2,1-5H3,(H,14,17). The summed E-state index contributed by atoms with van der Waals surface area (Å²) in [6.07, 6.45) is 0. The Hall–Kier alpha value is -0.910. The minimum Gasteiger partial charge on any atom is -0.347 e. The van der Waals surface area contributed by atoms with Crippen LogP contribution in [0.5, 0.6) is 0 Å². The van der Waals surface area contributed by atoms with Crippen molar-refractivity contribution in [2.24, 2.45) is 5.41 Å². The Bertz CT molecular complexity index is 399. The lowest BCUT2D eigenvalue weighted by Gasteiger charge is -2.37. The van der Waals surface area contributed by atoms with Crippen molar-refractivity contribution in [1.82, 2.24) is 10.2 Å². The van der Waals surface area contributed by atoms with Crippen LogP contribution in [0.15, 0.2) is 0 Å². The van der Waals surface area contributed by atoms with E-state index in [4.69, 9.17) is 0 Å².